The average molecular weight is 297 g/mol. The molecule has 0 N–H and O–H groups in total. The number of carbonyl (C=O) groups excluding carboxylic acids is 1. The maximum Gasteiger partial charge on any atom is 0.444 e. The third kappa shape index (κ3) is 5.55. The molecule has 0 amide bonds. The molecule has 0 saturated heterocycles. The van der Waals surface area contributed by atoms with E-state index >= 15 is 0 Å². The van der Waals surface area contributed by atoms with Gasteiger partial charge in [0.15, 0.2) is 0 Å². The molecule has 1 nitrogen and oxygen atoms in total. The summed E-state index contributed by atoms with van der Waals surface area (Å²) in [6.07, 6.45) is -4.63. The molecule has 98 valence electrons. The van der Waals surface area contributed by atoms with E-state index in [4.69, 9.17) is 23.2 Å². The molecule has 7 heteroatoms. The summed E-state index contributed by atoms with van der Waals surface area (Å²) in [5.41, 5.74) is 0. The highest BCUT2D eigenvalue weighted by Crippen LogP contribution is 2.30. The molecule has 0 rings (SSSR count). The molecule has 0 heterocycles. The zero-order valence-electron chi connectivity index (χ0n) is 9.63. The monoisotopic (exact) mass is 296 g/mol. The normalized spacial score (nSPS) is 11.8. The lowest BCUT2D eigenvalue weighted by Crippen LogP contribution is -2.49. The van der Waals surface area contributed by atoms with E-state index in [2.05, 4.69) is 0 Å². The molecule has 0 fully saturated rings. The summed E-state index contributed by atoms with van der Waals surface area (Å²) in [6, 6.07) is 1.16. The summed E-state index contributed by atoms with van der Waals surface area (Å²) in [6.45, 7) is 5.05. The van der Waals surface area contributed by atoms with Crippen molar-refractivity contribution in [2.75, 3.05) is 5.34 Å². The van der Waals surface area contributed by atoms with E-state index in [0.29, 0.717) is 18.1 Å². The van der Waals surface area contributed by atoms with Crippen LogP contribution in [0.1, 0.15) is 20.8 Å². The van der Waals surface area contributed by atoms with Gasteiger partial charge in [-0.2, -0.15) is 13.2 Å². The van der Waals surface area contributed by atoms with Crippen molar-refractivity contribution in [1.82, 2.24) is 0 Å². The summed E-state index contributed by atoms with van der Waals surface area (Å²) in [5, 5.41) is -1.24. The van der Waals surface area contributed by atoms with Gasteiger partial charge in [-0.25, -0.2) is 0 Å². The SMILES string of the molecule is CC[Si](CC)(CC)C(=O)C(F)(F)F.ClCCl. The molecule has 0 spiro atoms. The van der Waals surface area contributed by atoms with Crippen LogP contribution in [0.5, 0.6) is 0 Å². The topological polar surface area (TPSA) is 17.1 Å². The van der Waals surface area contributed by atoms with Crippen molar-refractivity contribution in [2.45, 2.75) is 45.1 Å². The van der Waals surface area contributed by atoms with Crippen molar-refractivity contribution in [3.8, 4) is 0 Å². The Morgan fingerprint density at radius 1 is 1.06 bits per heavy atom. The van der Waals surface area contributed by atoms with E-state index in [1.807, 2.05) is 0 Å². The van der Waals surface area contributed by atoms with Crippen molar-refractivity contribution in [3.05, 3.63) is 0 Å². The van der Waals surface area contributed by atoms with E-state index < -0.39 is 19.7 Å². The molecular formula is C9H17Cl2F3OSi. The van der Waals surface area contributed by atoms with Crippen LogP contribution in [-0.4, -0.2) is 25.0 Å². The molecule has 0 atom stereocenters. The molecular weight excluding hydrogens is 280 g/mol. The van der Waals surface area contributed by atoms with E-state index in [0.717, 1.165) is 0 Å². The van der Waals surface area contributed by atoms with Crippen molar-refractivity contribution in [2.24, 2.45) is 0 Å². The summed E-state index contributed by atoms with van der Waals surface area (Å²) < 4.78 is 36.6. The number of rotatable bonds is 4. The number of alkyl halides is 5. The van der Waals surface area contributed by atoms with Gasteiger partial charge in [0.2, 0.25) is 5.41 Å². The summed E-state index contributed by atoms with van der Waals surface area (Å²) in [5.74, 6) is 0. The van der Waals surface area contributed by atoms with E-state index in [1.54, 1.807) is 20.8 Å². The van der Waals surface area contributed by atoms with Crippen LogP contribution < -0.4 is 0 Å². The molecule has 0 unspecified atom stereocenters. The Labute approximate surface area is 105 Å². The zero-order chi connectivity index (χ0) is 13.4. The Morgan fingerprint density at radius 2 is 1.31 bits per heavy atom. The van der Waals surface area contributed by atoms with Crippen molar-refractivity contribution in [1.29, 1.82) is 0 Å². The quantitative estimate of drug-likeness (QED) is 0.548. The fourth-order valence-corrected chi connectivity index (χ4v) is 4.60. The van der Waals surface area contributed by atoms with Crippen LogP contribution in [0.3, 0.4) is 0 Å². The average Bonchev–Trinajstić information content (AvgIpc) is 2.21. The summed E-state index contributed by atoms with van der Waals surface area (Å²) in [4.78, 5) is 11.1. The van der Waals surface area contributed by atoms with Crippen LogP contribution in [0, 0.1) is 0 Å². The number of halogens is 5. The number of hydrogen-bond acceptors (Lipinski definition) is 1. The minimum Gasteiger partial charge on any atom is -0.295 e. The lowest BCUT2D eigenvalue weighted by atomic mass is 10.7. The Hall–Kier alpha value is 0.257. The molecule has 0 bridgehead atoms. The lowest BCUT2D eigenvalue weighted by molar-refractivity contribution is -0.162. The molecule has 0 aliphatic carbocycles. The van der Waals surface area contributed by atoms with Gasteiger partial charge in [0.05, 0.1) is 5.34 Å². The first kappa shape index (κ1) is 18.6. The fourth-order valence-electron chi connectivity index (χ4n) is 1.53. The van der Waals surface area contributed by atoms with E-state index in [-0.39, 0.29) is 5.34 Å². The van der Waals surface area contributed by atoms with Crippen LogP contribution >= 0.6 is 23.2 Å². The predicted molar refractivity (Wildman–Crippen MR) is 64.8 cm³/mol. The van der Waals surface area contributed by atoms with Gasteiger partial charge in [0, 0.05) is 0 Å². The van der Waals surface area contributed by atoms with E-state index in [9.17, 15) is 18.0 Å². The maximum absolute atomic E-state index is 12.2. The Balaban J connectivity index is 0. The second kappa shape index (κ2) is 8.36. The highest BCUT2D eigenvalue weighted by Gasteiger charge is 2.51. The van der Waals surface area contributed by atoms with Gasteiger partial charge < -0.3 is 0 Å². The second-order valence-corrected chi connectivity index (χ2v) is 9.21. The van der Waals surface area contributed by atoms with Gasteiger partial charge in [-0.1, -0.05) is 38.9 Å². The smallest absolute Gasteiger partial charge is 0.295 e. The standard InChI is InChI=1S/C8H15F3OSi.CH2Cl2/c1-4-13(5-2,6-3)7(12)8(9,10)11;2-1-3/h4-6H2,1-3H3;1H2. The molecule has 0 aliphatic rings. The molecule has 0 aliphatic heterocycles. The van der Waals surface area contributed by atoms with Gasteiger partial charge in [-0.05, 0) is 0 Å². The van der Waals surface area contributed by atoms with Gasteiger partial charge in [0.1, 0.15) is 8.07 Å². The molecule has 0 aromatic carbocycles. The van der Waals surface area contributed by atoms with Crippen LogP contribution in [0.2, 0.25) is 18.1 Å². The predicted octanol–water partition coefficient (Wildman–Crippen LogP) is 4.59. The molecule has 16 heavy (non-hydrogen) atoms. The largest absolute Gasteiger partial charge is 0.444 e. The third-order valence-electron chi connectivity index (χ3n) is 2.77. The zero-order valence-corrected chi connectivity index (χ0v) is 12.1. The van der Waals surface area contributed by atoms with Crippen LogP contribution in [0.25, 0.3) is 0 Å². The summed E-state index contributed by atoms with van der Waals surface area (Å²) in [7, 11) is -2.72. The molecule has 0 radical (unpaired) electrons. The van der Waals surface area contributed by atoms with Gasteiger partial charge in [-0.15, -0.1) is 23.2 Å². The first-order chi connectivity index (χ1) is 7.25. The van der Waals surface area contributed by atoms with Gasteiger partial charge >= 0.3 is 6.18 Å². The van der Waals surface area contributed by atoms with E-state index in [1.165, 1.54) is 0 Å². The Kier molecular flexibility index (Phi) is 9.73. The molecule has 0 aromatic heterocycles. The van der Waals surface area contributed by atoms with Crippen molar-refractivity contribution >= 4 is 36.7 Å². The van der Waals surface area contributed by atoms with Gasteiger partial charge in [-0.3, -0.25) is 4.79 Å². The summed E-state index contributed by atoms with van der Waals surface area (Å²) >= 11 is 9.53. The highest BCUT2D eigenvalue weighted by molar-refractivity contribution is 7.06. The second-order valence-electron chi connectivity index (χ2n) is 3.27. The fraction of sp³-hybridized carbons (Fsp3) is 0.889. The molecule has 0 saturated carbocycles. The van der Waals surface area contributed by atoms with Crippen LogP contribution in [0.4, 0.5) is 13.2 Å². The van der Waals surface area contributed by atoms with Crippen molar-refractivity contribution in [3.63, 3.8) is 0 Å². The van der Waals surface area contributed by atoms with Crippen LogP contribution in [-0.2, 0) is 4.79 Å². The minimum absolute atomic E-state index is 0.194. The van der Waals surface area contributed by atoms with Crippen molar-refractivity contribution < 1.29 is 18.0 Å². The Morgan fingerprint density at radius 3 is 1.38 bits per heavy atom. The number of hydrogen-bond donors (Lipinski definition) is 0. The first-order valence-corrected chi connectivity index (χ1v) is 8.68. The number of carbonyl (C=O) groups is 1. The molecule has 0 aromatic rings. The highest BCUT2D eigenvalue weighted by atomic mass is 35.5. The van der Waals surface area contributed by atoms with Crippen LogP contribution in [0.15, 0.2) is 0 Å². The maximum atomic E-state index is 12.2. The Bertz CT molecular complexity index is 197. The van der Waals surface area contributed by atoms with Gasteiger partial charge in [0.25, 0.3) is 0 Å². The lowest BCUT2D eigenvalue weighted by Gasteiger charge is -2.26. The third-order valence-corrected chi connectivity index (χ3v) is 8.08. The first-order valence-electron chi connectivity index (χ1n) is 4.99. The minimum atomic E-state index is -4.63.